The van der Waals surface area contributed by atoms with Gasteiger partial charge in [0.15, 0.2) is 0 Å². The molecule has 1 heterocycles. The van der Waals surface area contributed by atoms with Crippen molar-refractivity contribution >= 4 is 5.82 Å². The van der Waals surface area contributed by atoms with Gasteiger partial charge in [-0.1, -0.05) is 30.3 Å². The fourth-order valence-corrected chi connectivity index (χ4v) is 1.40. The summed E-state index contributed by atoms with van der Waals surface area (Å²) in [5, 5.41) is 3.26. The van der Waals surface area contributed by atoms with E-state index in [-0.39, 0.29) is 0 Å². The zero-order valence-electron chi connectivity index (χ0n) is 8.48. The van der Waals surface area contributed by atoms with Crippen molar-refractivity contribution in [1.29, 1.82) is 0 Å². The quantitative estimate of drug-likeness (QED) is 0.814. The Kier molecular flexibility index (Phi) is 3.34. The molecule has 0 spiro atoms. The normalized spacial score (nSPS) is 9.87. The highest BCUT2D eigenvalue weighted by atomic mass is 15.0. The number of rotatable bonds is 4. The summed E-state index contributed by atoms with van der Waals surface area (Å²) in [6.45, 7) is 0.904. The average molecular weight is 197 g/mol. The Balaban J connectivity index is 1.81. The predicted octanol–water partition coefficient (Wildman–Crippen LogP) is 2.54. The van der Waals surface area contributed by atoms with E-state index in [9.17, 15) is 0 Å². The number of pyridine rings is 1. The van der Waals surface area contributed by atoms with E-state index >= 15 is 0 Å². The molecule has 75 valence electrons. The smallest absolute Gasteiger partial charge is 0.125 e. The third-order valence-corrected chi connectivity index (χ3v) is 2.18. The Hall–Kier alpha value is -1.83. The molecule has 0 aliphatic rings. The second-order valence-corrected chi connectivity index (χ2v) is 3.31. The highest BCUT2D eigenvalue weighted by Gasteiger charge is 1.92. The van der Waals surface area contributed by atoms with Gasteiger partial charge in [0.2, 0.25) is 0 Å². The molecule has 1 aromatic heterocycles. The molecule has 1 N–H and O–H groups in total. The second kappa shape index (κ2) is 5.15. The van der Waals surface area contributed by atoms with Crippen molar-refractivity contribution in [1.82, 2.24) is 4.98 Å². The van der Waals surface area contributed by atoms with Crippen LogP contribution in [0.1, 0.15) is 5.56 Å². The molecule has 15 heavy (non-hydrogen) atoms. The molecule has 0 bridgehead atoms. The van der Waals surface area contributed by atoms with Crippen LogP contribution in [0.4, 0.5) is 5.82 Å². The van der Waals surface area contributed by atoms with E-state index < -0.39 is 0 Å². The lowest BCUT2D eigenvalue weighted by Crippen LogP contribution is -2.05. The van der Waals surface area contributed by atoms with Crippen molar-refractivity contribution in [2.45, 2.75) is 6.42 Å². The van der Waals surface area contributed by atoms with Crippen LogP contribution in [-0.2, 0) is 6.42 Å². The van der Waals surface area contributed by atoms with Crippen LogP contribution in [0.3, 0.4) is 0 Å². The maximum Gasteiger partial charge on any atom is 0.125 e. The Morgan fingerprint density at radius 3 is 2.73 bits per heavy atom. The first-order chi connectivity index (χ1) is 7.45. The van der Waals surface area contributed by atoms with Crippen molar-refractivity contribution in [3.8, 4) is 0 Å². The molecule has 2 aromatic rings. The average Bonchev–Trinajstić information content (AvgIpc) is 2.32. The lowest BCUT2D eigenvalue weighted by molar-refractivity contribution is 1.01. The van der Waals surface area contributed by atoms with Crippen LogP contribution in [0.25, 0.3) is 0 Å². The standard InChI is InChI=1S/C13H13N2/c1-2-6-12(7-3-1)9-11-15-13-8-4-5-10-14-13/h1-4,6-8,10H,9,11H2,(H,14,15). The van der Waals surface area contributed by atoms with Gasteiger partial charge < -0.3 is 5.32 Å². The van der Waals surface area contributed by atoms with Crippen molar-refractivity contribution in [3.63, 3.8) is 0 Å². The highest BCUT2D eigenvalue weighted by Crippen LogP contribution is 2.02. The minimum Gasteiger partial charge on any atom is -0.370 e. The van der Waals surface area contributed by atoms with Gasteiger partial charge in [-0.2, -0.15) is 0 Å². The van der Waals surface area contributed by atoms with Crippen LogP contribution < -0.4 is 5.32 Å². The topological polar surface area (TPSA) is 24.9 Å². The van der Waals surface area contributed by atoms with Gasteiger partial charge in [-0.25, -0.2) is 4.98 Å². The monoisotopic (exact) mass is 197 g/mol. The molecule has 0 aliphatic carbocycles. The Morgan fingerprint density at radius 2 is 2.00 bits per heavy atom. The molecule has 2 rings (SSSR count). The van der Waals surface area contributed by atoms with Crippen molar-refractivity contribution in [2.24, 2.45) is 0 Å². The van der Waals surface area contributed by atoms with E-state index in [0.29, 0.717) is 0 Å². The number of nitrogens with zero attached hydrogens (tertiary/aromatic N) is 1. The zero-order valence-corrected chi connectivity index (χ0v) is 8.48. The highest BCUT2D eigenvalue weighted by molar-refractivity contribution is 5.33. The zero-order chi connectivity index (χ0) is 10.3. The molecule has 0 fully saturated rings. The van der Waals surface area contributed by atoms with E-state index in [2.05, 4.69) is 40.6 Å². The number of aromatic nitrogens is 1. The van der Waals surface area contributed by atoms with E-state index in [0.717, 1.165) is 18.8 Å². The molecule has 0 unspecified atom stereocenters. The molecule has 2 nitrogen and oxygen atoms in total. The summed E-state index contributed by atoms with van der Waals surface area (Å²) >= 11 is 0. The molecular weight excluding hydrogens is 184 g/mol. The van der Waals surface area contributed by atoms with Crippen LogP contribution in [-0.4, -0.2) is 11.5 Å². The van der Waals surface area contributed by atoms with E-state index in [1.54, 1.807) is 6.20 Å². The largest absolute Gasteiger partial charge is 0.370 e. The maximum absolute atomic E-state index is 4.14. The minimum absolute atomic E-state index is 0.904. The fraction of sp³-hybridized carbons (Fsp3) is 0.154. The first-order valence-corrected chi connectivity index (χ1v) is 5.05. The minimum atomic E-state index is 0.904. The number of nitrogens with one attached hydrogen (secondary N) is 1. The van der Waals surface area contributed by atoms with Crippen molar-refractivity contribution in [2.75, 3.05) is 11.9 Å². The Bertz CT molecular complexity index is 344. The van der Waals surface area contributed by atoms with Crippen LogP contribution in [0, 0.1) is 6.07 Å². The summed E-state index contributed by atoms with van der Waals surface area (Å²) in [4.78, 5) is 4.14. The molecule has 2 heteroatoms. The summed E-state index contributed by atoms with van der Waals surface area (Å²) in [5.74, 6) is 0.907. The summed E-state index contributed by atoms with van der Waals surface area (Å²) < 4.78 is 0. The van der Waals surface area contributed by atoms with Gasteiger partial charge in [0.1, 0.15) is 5.82 Å². The summed E-state index contributed by atoms with van der Waals surface area (Å²) in [6.07, 6.45) is 2.69. The maximum atomic E-state index is 4.14. The van der Waals surface area contributed by atoms with Gasteiger partial charge >= 0.3 is 0 Å². The second-order valence-electron chi connectivity index (χ2n) is 3.31. The third-order valence-electron chi connectivity index (χ3n) is 2.18. The van der Waals surface area contributed by atoms with Gasteiger partial charge in [0.05, 0.1) is 0 Å². The molecule has 0 saturated heterocycles. The van der Waals surface area contributed by atoms with Gasteiger partial charge in [0.25, 0.3) is 0 Å². The van der Waals surface area contributed by atoms with Crippen LogP contribution in [0.2, 0.25) is 0 Å². The van der Waals surface area contributed by atoms with Gasteiger partial charge in [-0.15, -0.1) is 0 Å². The van der Waals surface area contributed by atoms with Crippen LogP contribution in [0.5, 0.6) is 0 Å². The molecular formula is C13H13N2. The Labute approximate surface area is 90.0 Å². The van der Waals surface area contributed by atoms with Crippen molar-refractivity contribution < 1.29 is 0 Å². The summed E-state index contributed by atoms with van der Waals surface area (Å²) in [7, 11) is 0. The van der Waals surface area contributed by atoms with Gasteiger partial charge in [-0.3, -0.25) is 0 Å². The van der Waals surface area contributed by atoms with Crippen LogP contribution in [0.15, 0.2) is 48.7 Å². The summed E-state index contributed by atoms with van der Waals surface area (Å²) in [6, 6.07) is 17.1. The molecule has 0 amide bonds. The van der Waals surface area contributed by atoms with E-state index in [4.69, 9.17) is 0 Å². The lowest BCUT2D eigenvalue weighted by atomic mass is 10.1. The van der Waals surface area contributed by atoms with E-state index in [1.807, 2.05) is 18.2 Å². The van der Waals surface area contributed by atoms with Gasteiger partial charge in [-0.05, 0) is 24.1 Å². The first-order valence-electron chi connectivity index (χ1n) is 5.05. The number of hydrogen-bond donors (Lipinski definition) is 1. The molecule has 1 aromatic carbocycles. The lowest BCUT2D eigenvalue weighted by Gasteiger charge is -2.04. The fourth-order valence-electron chi connectivity index (χ4n) is 1.40. The molecule has 0 atom stereocenters. The number of hydrogen-bond acceptors (Lipinski definition) is 2. The van der Waals surface area contributed by atoms with E-state index in [1.165, 1.54) is 5.56 Å². The Morgan fingerprint density at radius 1 is 1.13 bits per heavy atom. The number of benzene rings is 1. The van der Waals surface area contributed by atoms with Gasteiger partial charge in [0, 0.05) is 18.8 Å². The van der Waals surface area contributed by atoms with Crippen LogP contribution >= 0.6 is 0 Å². The third kappa shape index (κ3) is 3.09. The van der Waals surface area contributed by atoms with Crippen molar-refractivity contribution in [3.05, 3.63) is 60.3 Å². The molecule has 0 saturated carbocycles. The number of anilines is 1. The molecule has 0 aliphatic heterocycles. The SMILES string of the molecule is [c]1ccc(NCCc2ccccc2)nc1. The predicted molar refractivity (Wildman–Crippen MR) is 61.7 cm³/mol. The molecule has 1 radical (unpaired) electrons. The summed E-state index contributed by atoms with van der Waals surface area (Å²) in [5.41, 5.74) is 1.34. The first kappa shape index (κ1) is 9.71.